The van der Waals surface area contributed by atoms with E-state index in [-0.39, 0.29) is 0 Å². The normalized spacial score (nSPS) is 28.3. The Labute approximate surface area is 102 Å². The monoisotopic (exact) mass is 234 g/mol. The highest BCUT2D eigenvalue weighted by atomic mass is 16.6. The number of carbonyl (C=O) groups excluding carboxylic acids is 2. The van der Waals surface area contributed by atoms with E-state index < -0.39 is 11.9 Å². The highest BCUT2D eigenvalue weighted by Crippen LogP contribution is 2.58. The second kappa shape index (κ2) is 4.13. The van der Waals surface area contributed by atoms with Crippen LogP contribution in [0.1, 0.15) is 40.0 Å². The molecule has 4 aliphatic rings. The van der Waals surface area contributed by atoms with Gasteiger partial charge in [0.25, 0.3) is 0 Å². The minimum absolute atomic E-state index is 0.579. The molecule has 0 aromatic carbocycles. The van der Waals surface area contributed by atoms with E-state index in [0.717, 1.165) is 18.1 Å². The number of carbonyl (C=O) groups is 2. The molecule has 0 amide bonds. The third-order valence-electron chi connectivity index (χ3n) is 4.19. The van der Waals surface area contributed by atoms with Crippen molar-refractivity contribution in [3.63, 3.8) is 0 Å². The summed E-state index contributed by atoms with van der Waals surface area (Å²) >= 11 is 0. The van der Waals surface area contributed by atoms with E-state index in [4.69, 9.17) is 0 Å². The summed E-state index contributed by atoms with van der Waals surface area (Å²) in [6.07, 6.45) is 6.41. The number of cyclic esters (lactones) is 2. The molecular formula is C14H18O3. The van der Waals surface area contributed by atoms with Crippen molar-refractivity contribution < 1.29 is 14.3 Å². The number of hydrogen-bond acceptors (Lipinski definition) is 3. The Morgan fingerprint density at radius 2 is 1.82 bits per heavy atom. The van der Waals surface area contributed by atoms with Gasteiger partial charge < -0.3 is 4.74 Å². The van der Waals surface area contributed by atoms with Gasteiger partial charge in [0.05, 0.1) is 0 Å². The van der Waals surface area contributed by atoms with E-state index in [2.05, 4.69) is 25.5 Å². The molecule has 0 radical (unpaired) electrons. The maximum Gasteiger partial charge on any atom is 0.338 e. The molecule has 1 saturated carbocycles. The quantitative estimate of drug-likeness (QED) is 0.368. The van der Waals surface area contributed by atoms with Gasteiger partial charge in [0.15, 0.2) is 0 Å². The first-order valence-electron chi connectivity index (χ1n) is 6.04. The van der Waals surface area contributed by atoms with Gasteiger partial charge in [0.1, 0.15) is 0 Å². The maximum atomic E-state index is 9.92. The molecule has 0 N–H and O–H groups in total. The Hall–Kier alpha value is -1.38. The van der Waals surface area contributed by atoms with Crippen LogP contribution in [0.25, 0.3) is 0 Å². The predicted molar refractivity (Wildman–Crippen MR) is 64.1 cm³/mol. The van der Waals surface area contributed by atoms with Gasteiger partial charge in [-0.25, -0.2) is 9.59 Å². The molecule has 0 aromatic heterocycles. The SMILES string of the molecule is CC1=C2CC(CC1)C2(C)C.O=C1C=CC(=O)O1. The molecule has 0 aromatic rings. The summed E-state index contributed by atoms with van der Waals surface area (Å²) in [6, 6.07) is 0. The van der Waals surface area contributed by atoms with Gasteiger partial charge in [0, 0.05) is 12.2 Å². The van der Waals surface area contributed by atoms with Crippen LogP contribution in [0.15, 0.2) is 23.3 Å². The Balaban J connectivity index is 0.000000136. The molecule has 0 spiro atoms. The van der Waals surface area contributed by atoms with E-state index in [1.807, 2.05) is 0 Å². The summed E-state index contributed by atoms with van der Waals surface area (Å²) in [7, 11) is 0. The van der Waals surface area contributed by atoms with E-state index in [1.54, 1.807) is 11.1 Å². The minimum Gasteiger partial charge on any atom is -0.387 e. The van der Waals surface area contributed by atoms with Crippen LogP contribution in [0.2, 0.25) is 0 Å². The molecule has 3 heteroatoms. The fourth-order valence-electron chi connectivity index (χ4n) is 2.91. The molecule has 1 unspecified atom stereocenters. The smallest absolute Gasteiger partial charge is 0.338 e. The Morgan fingerprint density at radius 1 is 1.24 bits per heavy atom. The van der Waals surface area contributed by atoms with Crippen LogP contribution in [0, 0.1) is 11.3 Å². The van der Waals surface area contributed by atoms with Gasteiger partial charge in [-0.15, -0.1) is 0 Å². The fourth-order valence-corrected chi connectivity index (χ4v) is 2.91. The van der Waals surface area contributed by atoms with Crippen LogP contribution in [0.4, 0.5) is 0 Å². The lowest BCUT2D eigenvalue weighted by Gasteiger charge is -2.52. The lowest BCUT2D eigenvalue weighted by Crippen LogP contribution is -2.41. The van der Waals surface area contributed by atoms with Crippen LogP contribution < -0.4 is 0 Å². The molecule has 1 aliphatic heterocycles. The summed E-state index contributed by atoms with van der Waals surface area (Å²) in [5.41, 5.74) is 4.04. The average molecular weight is 234 g/mol. The van der Waals surface area contributed by atoms with Crippen LogP contribution in [-0.2, 0) is 14.3 Å². The molecule has 3 nitrogen and oxygen atoms in total. The molecule has 1 heterocycles. The van der Waals surface area contributed by atoms with Crippen molar-refractivity contribution >= 4 is 11.9 Å². The lowest BCUT2D eigenvalue weighted by molar-refractivity contribution is -0.150. The second-order valence-electron chi connectivity index (χ2n) is 5.49. The molecule has 4 rings (SSSR count). The summed E-state index contributed by atoms with van der Waals surface area (Å²) in [5.74, 6) is -0.138. The fraction of sp³-hybridized carbons (Fsp3) is 0.571. The number of ether oxygens (including phenoxy) is 1. The second-order valence-corrected chi connectivity index (χ2v) is 5.49. The summed E-state index contributed by atoms with van der Waals surface area (Å²) < 4.78 is 3.97. The minimum atomic E-state index is -0.579. The van der Waals surface area contributed by atoms with Gasteiger partial charge in [-0.05, 0) is 37.5 Å². The first-order chi connectivity index (χ1) is 7.91. The summed E-state index contributed by atoms with van der Waals surface area (Å²) in [4.78, 5) is 19.8. The van der Waals surface area contributed by atoms with Crippen LogP contribution >= 0.6 is 0 Å². The van der Waals surface area contributed by atoms with E-state index in [9.17, 15) is 9.59 Å². The zero-order valence-corrected chi connectivity index (χ0v) is 10.6. The Bertz CT molecular complexity index is 411. The Morgan fingerprint density at radius 3 is 2.06 bits per heavy atom. The van der Waals surface area contributed by atoms with Crippen molar-refractivity contribution in [3.05, 3.63) is 23.3 Å². The first-order valence-corrected chi connectivity index (χ1v) is 6.04. The van der Waals surface area contributed by atoms with E-state index >= 15 is 0 Å². The average Bonchev–Trinajstić information content (AvgIpc) is 2.63. The molecule has 1 atom stereocenters. The molecule has 3 aliphatic carbocycles. The van der Waals surface area contributed by atoms with Gasteiger partial charge in [-0.1, -0.05) is 25.0 Å². The number of fused-ring (bicyclic) bond motifs is 2. The highest BCUT2D eigenvalue weighted by Gasteiger charge is 2.46. The largest absolute Gasteiger partial charge is 0.387 e. The van der Waals surface area contributed by atoms with E-state index in [1.165, 1.54) is 19.3 Å². The Kier molecular flexibility index (Phi) is 2.94. The first kappa shape index (κ1) is 12.1. The molecular weight excluding hydrogens is 216 g/mol. The number of hydrogen-bond donors (Lipinski definition) is 0. The molecule has 2 bridgehead atoms. The summed E-state index contributed by atoms with van der Waals surface area (Å²) in [5, 5.41) is 0. The van der Waals surface area contributed by atoms with Gasteiger partial charge in [0.2, 0.25) is 0 Å². The van der Waals surface area contributed by atoms with Crippen molar-refractivity contribution in [2.75, 3.05) is 0 Å². The van der Waals surface area contributed by atoms with Crippen LogP contribution in [0.3, 0.4) is 0 Å². The number of allylic oxidation sites excluding steroid dienone is 2. The van der Waals surface area contributed by atoms with Gasteiger partial charge >= 0.3 is 11.9 Å². The van der Waals surface area contributed by atoms with E-state index in [0.29, 0.717) is 5.41 Å². The third kappa shape index (κ3) is 2.19. The highest BCUT2D eigenvalue weighted by molar-refractivity contribution is 6.04. The topological polar surface area (TPSA) is 43.4 Å². The zero-order valence-electron chi connectivity index (χ0n) is 10.6. The van der Waals surface area contributed by atoms with Crippen molar-refractivity contribution in [2.45, 2.75) is 40.0 Å². The number of esters is 2. The van der Waals surface area contributed by atoms with Crippen molar-refractivity contribution in [1.82, 2.24) is 0 Å². The third-order valence-corrected chi connectivity index (χ3v) is 4.19. The van der Waals surface area contributed by atoms with Crippen molar-refractivity contribution in [2.24, 2.45) is 11.3 Å². The number of rotatable bonds is 0. The maximum absolute atomic E-state index is 9.92. The standard InChI is InChI=1S/C10H16.C4H2O3/c1-7-4-5-8-6-9(7)10(8,2)3;5-3-1-2-4(6)7-3/h8H,4-6H2,1-3H3;1-2H. The molecule has 0 saturated heterocycles. The van der Waals surface area contributed by atoms with Crippen LogP contribution in [-0.4, -0.2) is 11.9 Å². The molecule has 92 valence electrons. The van der Waals surface area contributed by atoms with Crippen molar-refractivity contribution in [3.8, 4) is 0 Å². The van der Waals surface area contributed by atoms with Crippen molar-refractivity contribution in [1.29, 1.82) is 0 Å². The molecule has 1 fully saturated rings. The zero-order chi connectivity index (χ0) is 12.6. The lowest BCUT2D eigenvalue weighted by atomic mass is 9.52. The molecule has 17 heavy (non-hydrogen) atoms. The predicted octanol–water partition coefficient (Wildman–Crippen LogP) is 2.77. The van der Waals surface area contributed by atoms with Gasteiger partial charge in [-0.3, -0.25) is 0 Å². The van der Waals surface area contributed by atoms with Crippen LogP contribution in [0.5, 0.6) is 0 Å². The summed E-state index contributed by atoms with van der Waals surface area (Å²) in [6.45, 7) is 7.12. The van der Waals surface area contributed by atoms with Gasteiger partial charge in [-0.2, -0.15) is 0 Å².